The van der Waals surface area contributed by atoms with Crippen molar-refractivity contribution >= 4 is 6.29 Å². The summed E-state index contributed by atoms with van der Waals surface area (Å²) in [7, 11) is 0. The van der Waals surface area contributed by atoms with Gasteiger partial charge in [0, 0.05) is 0 Å². The molecule has 2 nitrogen and oxygen atoms in total. The lowest BCUT2D eigenvalue weighted by molar-refractivity contribution is 0.111. The number of carbonyl (C=O) groups excluding carboxylic acids is 1. The van der Waals surface area contributed by atoms with Crippen LogP contribution in [0.5, 0.6) is 0 Å². The first-order valence-corrected chi connectivity index (χ1v) is 4.43. The Morgan fingerprint density at radius 2 is 2.00 bits per heavy atom. The maximum atomic E-state index is 10.7. The molecule has 1 N–H and O–H groups in total. The highest BCUT2D eigenvalue weighted by Crippen LogP contribution is 2.18. The number of aldehydes is 1. The van der Waals surface area contributed by atoms with Crippen molar-refractivity contribution < 1.29 is 4.79 Å². The van der Waals surface area contributed by atoms with Crippen LogP contribution in [0.1, 0.15) is 41.2 Å². The molecule has 1 heterocycles. The highest BCUT2D eigenvalue weighted by molar-refractivity contribution is 5.76. The maximum Gasteiger partial charge on any atom is 0.166 e. The van der Waals surface area contributed by atoms with Crippen molar-refractivity contribution in [3.05, 3.63) is 22.5 Å². The third-order valence-corrected chi connectivity index (χ3v) is 2.22. The second kappa shape index (κ2) is 3.95. The van der Waals surface area contributed by atoms with Crippen molar-refractivity contribution in [1.82, 2.24) is 4.98 Å². The molecule has 2 heteroatoms. The Morgan fingerprint density at radius 1 is 1.38 bits per heavy atom. The first-order chi connectivity index (χ1) is 6.28. The third kappa shape index (κ3) is 1.50. The quantitative estimate of drug-likeness (QED) is 0.552. The molecule has 68 valence electrons. The standard InChI is InChI=1S/C11H13NO/c1-4-8-9(5-2)11(7-13)12-10(8)6-3/h3,7,12H,4-5H2,1-2H3. The van der Waals surface area contributed by atoms with Crippen LogP contribution in [0, 0.1) is 12.3 Å². The average Bonchev–Trinajstić information content (AvgIpc) is 2.54. The van der Waals surface area contributed by atoms with E-state index in [0.717, 1.165) is 35.9 Å². The van der Waals surface area contributed by atoms with Gasteiger partial charge < -0.3 is 4.98 Å². The normalized spacial score (nSPS) is 9.62. The second-order valence-electron chi connectivity index (χ2n) is 2.84. The minimum atomic E-state index is 0.632. The fourth-order valence-electron chi connectivity index (χ4n) is 1.62. The lowest BCUT2D eigenvalue weighted by Gasteiger charge is -1.97. The van der Waals surface area contributed by atoms with E-state index in [0.29, 0.717) is 5.69 Å². The summed E-state index contributed by atoms with van der Waals surface area (Å²) < 4.78 is 0. The molecular formula is C11H13NO. The van der Waals surface area contributed by atoms with E-state index in [1.807, 2.05) is 13.8 Å². The third-order valence-electron chi connectivity index (χ3n) is 2.22. The smallest absolute Gasteiger partial charge is 0.166 e. The Kier molecular flexibility index (Phi) is 2.92. The number of aromatic nitrogens is 1. The molecule has 1 aromatic heterocycles. The number of aromatic amines is 1. The van der Waals surface area contributed by atoms with Crippen molar-refractivity contribution in [1.29, 1.82) is 0 Å². The van der Waals surface area contributed by atoms with Crippen molar-refractivity contribution in [3.63, 3.8) is 0 Å². The first-order valence-electron chi connectivity index (χ1n) is 4.43. The first kappa shape index (κ1) is 9.60. The lowest BCUT2D eigenvalue weighted by atomic mass is 10.0. The van der Waals surface area contributed by atoms with Crippen LogP contribution in [0.2, 0.25) is 0 Å². The van der Waals surface area contributed by atoms with E-state index < -0.39 is 0 Å². The summed E-state index contributed by atoms with van der Waals surface area (Å²) in [5, 5.41) is 0. The number of carbonyl (C=O) groups is 1. The van der Waals surface area contributed by atoms with Gasteiger partial charge in [0.1, 0.15) is 0 Å². The van der Waals surface area contributed by atoms with Crippen LogP contribution in [-0.2, 0) is 12.8 Å². The molecule has 13 heavy (non-hydrogen) atoms. The number of hydrogen-bond donors (Lipinski definition) is 1. The topological polar surface area (TPSA) is 32.9 Å². The molecule has 1 aromatic rings. The molecule has 0 aliphatic carbocycles. The van der Waals surface area contributed by atoms with Crippen LogP contribution in [0.4, 0.5) is 0 Å². The second-order valence-corrected chi connectivity index (χ2v) is 2.84. The fourth-order valence-corrected chi connectivity index (χ4v) is 1.62. The van der Waals surface area contributed by atoms with E-state index >= 15 is 0 Å². The molecule has 0 spiro atoms. The molecule has 0 fully saturated rings. The van der Waals surface area contributed by atoms with Gasteiger partial charge in [-0.3, -0.25) is 4.79 Å². The molecule has 0 aliphatic heterocycles. The molecule has 1 rings (SSSR count). The molecule has 0 amide bonds. The monoisotopic (exact) mass is 175 g/mol. The van der Waals surface area contributed by atoms with Crippen molar-refractivity contribution in [2.75, 3.05) is 0 Å². The van der Waals surface area contributed by atoms with Crippen molar-refractivity contribution in [3.8, 4) is 12.3 Å². The molecule has 0 unspecified atom stereocenters. The van der Waals surface area contributed by atoms with Gasteiger partial charge in [0.15, 0.2) is 6.29 Å². The molecule has 0 aliphatic rings. The summed E-state index contributed by atoms with van der Waals surface area (Å²) in [6.07, 6.45) is 7.86. The highest BCUT2D eigenvalue weighted by Gasteiger charge is 2.12. The Hall–Kier alpha value is -1.49. The molecule has 0 saturated heterocycles. The van der Waals surface area contributed by atoms with E-state index in [2.05, 4.69) is 10.9 Å². The molecule has 0 bridgehead atoms. The van der Waals surface area contributed by atoms with E-state index in [9.17, 15) is 4.79 Å². The van der Waals surface area contributed by atoms with Gasteiger partial charge in [-0.05, 0) is 24.0 Å². The lowest BCUT2D eigenvalue weighted by Crippen LogP contribution is -1.90. The molecular weight excluding hydrogens is 162 g/mol. The zero-order valence-electron chi connectivity index (χ0n) is 7.98. The number of H-pyrrole nitrogens is 1. The van der Waals surface area contributed by atoms with Crippen LogP contribution >= 0.6 is 0 Å². The van der Waals surface area contributed by atoms with Gasteiger partial charge in [0.25, 0.3) is 0 Å². The zero-order chi connectivity index (χ0) is 9.84. The van der Waals surface area contributed by atoms with E-state index in [4.69, 9.17) is 6.42 Å². The fraction of sp³-hybridized carbons (Fsp3) is 0.364. The zero-order valence-corrected chi connectivity index (χ0v) is 7.98. The van der Waals surface area contributed by atoms with Crippen molar-refractivity contribution in [2.24, 2.45) is 0 Å². The number of terminal acetylenes is 1. The largest absolute Gasteiger partial charge is 0.345 e. The van der Waals surface area contributed by atoms with E-state index in [1.54, 1.807) is 0 Å². The number of rotatable bonds is 3. The summed E-state index contributed by atoms with van der Waals surface area (Å²) in [6, 6.07) is 0. The van der Waals surface area contributed by atoms with Gasteiger partial charge in [-0.1, -0.05) is 19.8 Å². The average molecular weight is 175 g/mol. The summed E-state index contributed by atoms with van der Waals surface area (Å²) in [4.78, 5) is 13.6. The van der Waals surface area contributed by atoms with E-state index in [1.165, 1.54) is 0 Å². The molecule has 0 aromatic carbocycles. The Bertz CT molecular complexity index is 355. The van der Waals surface area contributed by atoms with Crippen LogP contribution in [-0.4, -0.2) is 11.3 Å². The molecule has 0 atom stereocenters. The summed E-state index contributed by atoms with van der Waals surface area (Å²) >= 11 is 0. The van der Waals surface area contributed by atoms with Gasteiger partial charge in [-0.25, -0.2) is 0 Å². The van der Waals surface area contributed by atoms with E-state index in [-0.39, 0.29) is 0 Å². The van der Waals surface area contributed by atoms with Gasteiger partial charge in [-0.15, -0.1) is 6.42 Å². The van der Waals surface area contributed by atoms with Gasteiger partial charge in [0.2, 0.25) is 0 Å². The van der Waals surface area contributed by atoms with Crippen LogP contribution in [0.25, 0.3) is 0 Å². The van der Waals surface area contributed by atoms with Crippen molar-refractivity contribution in [2.45, 2.75) is 26.7 Å². The summed E-state index contributed by atoms with van der Waals surface area (Å²) in [5.41, 5.74) is 3.55. The summed E-state index contributed by atoms with van der Waals surface area (Å²) in [6.45, 7) is 4.06. The van der Waals surface area contributed by atoms with Crippen LogP contribution in [0.3, 0.4) is 0 Å². The maximum absolute atomic E-state index is 10.7. The molecule has 0 saturated carbocycles. The Balaban J connectivity index is 3.35. The van der Waals surface area contributed by atoms with Gasteiger partial charge in [-0.2, -0.15) is 0 Å². The van der Waals surface area contributed by atoms with Crippen LogP contribution < -0.4 is 0 Å². The van der Waals surface area contributed by atoms with Crippen LogP contribution in [0.15, 0.2) is 0 Å². The SMILES string of the molecule is C#Cc1[nH]c(C=O)c(CC)c1CC. The number of nitrogens with one attached hydrogen (secondary N) is 1. The summed E-state index contributed by atoms with van der Waals surface area (Å²) in [5.74, 6) is 2.56. The predicted octanol–water partition coefficient (Wildman–Crippen LogP) is 1.93. The highest BCUT2D eigenvalue weighted by atomic mass is 16.1. The van der Waals surface area contributed by atoms with Gasteiger partial charge >= 0.3 is 0 Å². The molecule has 0 radical (unpaired) electrons. The van der Waals surface area contributed by atoms with Gasteiger partial charge in [0.05, 0.1) is 11.4 Å². The number of hydrogen-bond acceptors (Lipinski definition) is 1. The Morgan fingerprint density at radius 3 is 2.38 bits per heavy atom. The predicted molar refractivity (Wildman–Crippen MR) is 52.9 cm³/mol. The minimum absolute atomic E-state index is 0.632. The Labute approximate surface area is 78.4 Å². The minimum Gasteiger partial charge on any atom is -0.345 e.